The molecule has 3 aromatic rings. The van der Waals surface area contributed by atoms with Crippen LogP contribution in [0.2, 0.25) is 10.0 Å². The largest absolute Gasteiger partial charge is 0.497 e. The maximum atomic E-state index is 14.4. The average Bonchev–Trinajstić information content (AvgIpc) is 3.01. The highest BCUT2D eigenvalue weighted by Gasteiger charge is 2.35. The molecule has 0 spiro atoms. The number of sulfonamides is 1. The molecule has 46 heavy (non-hydrogen) atoms. The van der Waals surface area contributed by atoms with Gasteiger partial charge in [-0.25, -0.2) is 8.42 Å². The molecule has 3 aromatic carbocycles. The van der Waals surface area contributed by atoms with Gasteiger partial charge in [0.15, 0.2) is 11.5 Å². The van der Waals surface area contributed by atoms with Gasteiger partial charge in [0, 0.05) is 34.3 Å². The minimum absolute atomic E-state index is 0.0289. The zero-order chi connectivity index (χ0) is 34.4. The topological polar surface area (TPSA) is 124 Å². The Hall–Kier alpha value is -3.87. The summed E-state index contributed by atoms with van der Waals surface area (Å²) in [5.74, 6) is -0.190. The number of hydrogen-bond donors (Lipinski definition) is 1. The zero-order valence-electron chi connectivity index (χ0n) is 27.0. The summed E-state index contributed by atoms with van der Waals surface area (Å²) in [6.07, 6.45) is 0. The number of anilines is 1. The fourth-order valence-corrected chi connectivity index (χ4v) is 6.40. The first-order chi connectivity index (χ1) is 21.6. The van der Waals surface area contributed by atoms with Gasteiger partial charge in [-0.3, -0.25) is 13.9 Å². The van der Waals surface area contributed by atoms with E-state index in [9.17, 15) is 18.0 Å². The number of halogens is 2. The highest BCUT2D eigenvalue weighted by Crippen LogP contribution is 2.38. The molecule has 14 heteroatoms. The van der Waals surface area contributed by atoms with Gasteiger partial charge in [0.1, 0.15) is 24.1 Å². The number of amides is 2. The second kappa shape index (κ2) is 15.1. The molecule has 0 bridgehead atoms. The third-order valence-corrected chi connectivity index (χ3v) is 9.24. The van der Waals surface area contributed by atoms with Crippen LogP contribution in [0, 0.1) is 0 Å². The molecule has 0 fully saturated rings. The molecule has 11 nitrogen and oxygen atoms in total. The summed E-state index contributed by atoms with van der Waals surface area (Å²) in [6, 6.07) is 12.4. The van der Waals surface area contributed by atoms with Crippen molar-refractivity contribution in [3.63, 3.8) is 0 Å². The third-order valence-electron chi connectivity index (χ3n) is 6.90. The number of nitrogens with one attached hydrogen (secondary N) is 1. The van der Waals surface area contributed by atoms with E-state index in [0.717, 1.165) is 4.31 Å². The Bertz CT molecular complexity index is 1680. The van der Waals surface area contributed by atoms with Gasteiger partial charge in [-0.2, -0.15) is 0 Å². The van der Waals surface area contributed by atoms with Gasteiger partial charge >= 0.3 is 0 Å². The quantitative estimate of drug-likeness (QED) is 0.247. The van der Waals surface area contributed by atoms with E-state index in [1.807, 2.05) is 20.8 Å². The normalized spacial score (nSPS) is 12.1. The van der Waals surface area contributed by atoms with Crippen LogP contribution in [0.15, 0.2) is 59.5 Å². The summed E-state index contributed by atoms with van der Waals surface area (Å²) in [4.78, 5) is 28.8. The van der Waals surface area contributed by atoms with Crippen LogP contribution in [-0.2, 0) is 26.2 Å². The van der Waals surface area contributed by atoms with Gasteiger partial charge in [0.05, 0.1) is 39.0 Å². The molecule has 0 saturated carbocycles. The Kier molecular flexibility index (Phi) is 12.0. The van der Waals surface area contributed by atoms with Crippen molar-refractivity contribution in [3.8, 4) is 23.0 Å². The SMILES string of the molecule is COc1ccc(OC)c(N(CC(=O)N(Cc2ccc(Cl)cc2Cl)[C@@H](C)C(=O)NC(C)(C)C)S(=O)(=O)c2ccc(OC)c(OC)c2)c1. The van der Waals surface area contributed by atoms with E-state index < -0.39 is 40.0 Å². The van der Waals surface area contributed by atoms with Crippen LogP contribution < -0.4 is 28.6 Å². The van der Waals surface area contributed by atoms with Crippen LogP contribution in [0.3, 0.4) is 0 Å². The highest BCUT2D eigenvalue weighted by molar-refractivity contribution is 7.92. The number of carbonyl (C=O) groups excluding carboxylic acids is 2. The lowest BCUT2D eigenvalue weighted by molar-refractivity contribution is -0.140. The molecule has 1 N–H and O–H groups in total. The van der Waals surface area contributed by atoms with Crippen molar-refractivity contribution < 1.29 is 37.0 Å². The third kappa shape index (κ3) is 8.68. The molecule has 0 aromatic heterocycles. The van der Waals surface area contributed by atoms with Crippen LogP contribution in [0.25, 0.3) is 0 Å². The minimum atomic E-state index is -4.49. The second-order valence-electron chi connectivity index (χ2n) is 11.2. The molecular weight excluding hydrogens is 657 g/mol. The molecule has 2 amide bonds. The van der Waals surface area contributed by atoms with Crippen LogP contribution in [0.1, 0.15) is 33.3 Å². The van der Waals surface area contributed by atoms with Crippen molar-refractivity contribution in [2.24, 2.45) is 0 Å². The maximum absolute atomic E-state index is 14.4. The molecule has 0 saturated heterocycles. The summed E-state index contributed by atoms with van der Waals surface area (Å²) in [6.45, 7) is 6.15. The standard InChI is InChI=1S/C32H39Cl2N3O8S/c1-20(31(39)35-32(2,3)4)36(18-21-9-10-22(33)15-25(21)34)30(38)19-37(26-16-23(42-5)11-13-27(26)43-6)46(40,41)24-12-14-28(44-7)29(17-24)45-8/h9-17,20H,18-19H2,1-8H3,(H,35,39)/t20-/m0/s1. The van der Waals surface area contributed by atoms with Crippen LogP contribution in [0.4, 0.5) is 5.69 Å². The predicted octanol–water partition coefficient (Wildman–Crippen LogP) is 5.56. The second-order valence-corrected chi connectivity index (χ2v) is 13.9. The summed E-state index contributed by atoms with van der Waals surface area (Å²) < 4.78 is 51.3. The van der Waals surface area contributed by atoms with Gasteiger partial charge in [-0.05, 0) is 69.7 Å². The first kappa shape index (κ1) is 36.6. The fourth-order valence-electron chi connectivity index (χ4n) is 4.50. The number of hydrogen-bond acceptors (Lipinski definition) is 8. The number of methoxy groups -OCH3 is 4. The van der Waals surface area contributed by atoms with E-state index in [2.05, 4.69) is 5.32 Å². The zero-order valence-corrected chi connectivity index (χ0v) is 29.3. The first-order valence-corrected chi connectivity index (χ1v) is 16.3. The van der Waals surface area contributed by atoms with Gasteiger partial charge < -0.3 is 29.2 Å². The Morgan fingerprint density at radius 2 is 1.48 bits per heavy atom. The summed E-state index contributed by atoms with van der Waals surface area (Å²) in [7, 11) is 1.12. The van der Waals surface area contributed by atoms with E-state index in [1.54, 1.807) is 25.1 Å². The Morgan fingerprint density at radius 1 is 0.848 bits per heavy atom. The Morgan fingerprint density at radius 3 is 2.04 bits per heavy atom. The first-order valence-electron chi connectivity index (χ1n) is 14.1. The van der Waals surface area contributed by atoms with Gasteiger partial charge in [0.25, 0.3) is 10.0 Å². The summed E-state index contributed by atoms with van der Waals surface area (Å²) in [5.41, 5.74) is -0.0707. The number of benzene rings is 3. The lowest BCUT2D eigenvalue weighted by atomic mass is 10.1. The van der Waals surface area contributed by atoms with Gasteiger partial charge in [0.2, 0.25) is 11.8 Å². The van der Waals surface area contributed by atoms with Crippen molar-refractivity contribution in [2.75, 3.05) is 39.3 Å². The van der Waals surface area contributed by atoms with Crippen molar-refractivity contribution in [3.05, 3.63) is 70.2 Å². The van der Waals surface area contributed by atoms with E-state index in [1.165, 1.54) is 69.7 Å². The molecule has 0 aliphatic heterocycles. The Balaban J connectivity index is 2.20. The highest BCUT2D eigenvalue weighted by atomic mass is 35.5. The number of ether oxygens (including phenoxy) is 4. The van der Waals surface area contributed by atoms with Crippen LogP contribution in [-0.4, -0.2) is 71.7 Å². The van der Waals surface area contributed by atoms with Crippen LogP contribution >= 0.6 is 23.2 Å². The Labute approximate surface area is 280 Å². The average molecular weight is 697 g/mol. The van der Waals surface area contributed by atoms with Gasteiger partial charge in [-0.1, -0.05) is 29.3 Å². The molecular formula is C32H39Cl2N3O8S. The summed E-state index contributed by atoms with van der Waals surface area (Å²) in [5, 5.41) is 3.55. The van der Waals surface area contributed by atoms with Crippen molar-refractivity contribution >= 4 is 50.7 Å². The minimum Gasteiger partial charge on any atom is -0.497 e. The number of nitrogens with zero attached hydrogens (tertiary/aromatic N) is 2. The fraction of sp³-hybridized carbons (Fsp3) is 0.375. The molecule has 0 aliphatic carbocycles. The molecule has 250 valence electrons. The van der Waals surface area contributed by atoms with Gasteiger partial charge in [-0.15, -0.1) is 0 Å². The maximum Gasteiger partial charge on any atom is 0.265 e. The smallest absolute Gasteiger partial charge is 0.265 e. The molecule has 1 atom stereocenters. The lowest BCUT2D eigenvalue weighted by Gasteiger charge is -2.34. The molecule has 0 radical (unpaired) electrons. The van der Waals surface area contributed by atoms with E-state index >= 15 is 0 Å². The number of rotatable bonds is 13. The van der Waals surface area contributed by atoms with Crippen LogP contribution in [0.5, 0.6) is 23.0 Å². The molecule has 0 aliphatic rings. The monoisotopic (exact) mass is 695 g/mol. The van der Waals surface area contributed by atoms with E-state index in [-0.39, 0.29) is 33.6 Å². The van der Waals surface area contributed by atoms with E-state index in [0.29, 0.717) is 22.1 Å². The number of carbonyl (C=O) groups is 2. The van der Waals surface area contributed by atoms with Crippen molar-refractivity contribution in [2.45, 2.75) is 50.7 Å². The lowest BCUT2D eigenvalue weighted by Crippen LogP contribution is -2.54. The predicted molar refractivity (Wildman–Crippen MR) is 178 cm³/mol. The van der Waals surface area contributed by atoms with E-state index in [4.69, 9.17) is 42.1 Å². The van der Waals surface area contributed by atoms with Crippen molar-refractivity contribution in [1.29, 1.82) is 0 Å². The van der Waals surface area contributed by atoms with Crippen molar-refractivity contribution in [1.82, 2.24) is 10.2 Å². The summed E-state index contributed by atoms with van der Waals surface area (Å²) >= 11 is 12.6. The molecule has 0 heterocycles. The molecule has 3 rings (SSSR count). The molecule has 0 unspecified atom stereocenters.